The van der Waals surface area contributed by atoms with Crippen molar-refractivity contribution in [1.82, 2.24) is 4.90 Å². The molecule has 3 rings (SSSR count). The summed E-state index contributed by atoms with van der Waals surface area (Å²) >= 11 is 0. The Balaban J connectivity index is 1.77. The van der Waals surface area contributed by atoms with Crippen molar-refractivity contribution in [3.63, 3.8) is 0 Å². The normalized spacial score (nSPS) is 27.0. The van der Waals surface area contributed by atoms with Gasteiger partial charge in [0, 0.05) is 19.6 Å². The van der Waals surface area contributed by atoms with Crippen molar-refractivity contribution in [2.75, 3.05) is 13.1 Å². The summed E-state index contributed by atoms with van der Waals surface area (Å²) in [5.74, 6) is -0.651. The van der Waals surface area contributed by atoms with E-state index in [4.69, 9.17) is 0 Å². The molecule has 0 amide bonds. The van der Waals surface area contributed by atoms with Gasteiger partial charge in [0.15, 0.2) is 0 Å². The fraction of sp³-hybridized carbons (Fsp3) is 0.400. The Labute approximate surface area is 107 Å². The molecule has 94 valence electrons. The Bertz CT molecular complexity index is 494. The number of hydrogen-bond donors (Lipinski definition) is 1. The SMILES string of the molecule is O=C(O)C12CCC=C1CN(Cc1ccccc1)C2. The molecule has 1 saturated heterocycles. The second-order valence-corrected chi connectivity index (χ2v) is 5.29. The predicted molar refractivity (Wildman–Crippen MR) is 69.1 cm³/mol. The van der Waals surface area contributed by atoms with Crippen LogP contribution in [0.1, 0.15) is 18.4 Å². The van der Waals surface area contributed by atoms with E-state index in [9.17, 15) is 9.90 Å². The highest BCUT2D eigenvalue weighted by Gasteiger charge is 2.50. The molecule has 3 nitrogen and oxygen atoms in total. The minimum absolute atomic E-state index is 0.589. The summed E-state index contributed by atoms with van der Waals surface area (Å²) in [6.45, 7) is 2.30. The molecule has 0 spiro atoms. The summed E-state index contributed by atoms with van der Waals surface area (Å²) in [7, 11) is 0. The van der Waals surface area contributed by atoms with Gasteiger partial charge in [0.1, 0.15) is 5.41 Å². The Morgan fingerprint density at radius 2 is 2.11 bits per heavy atom. The number of aliphatic carboxylic acids is 1. The van der Waals surface area contributed by atoms with Gasteiger partial charge in [0.2, 0.25) is 0 Å². The summed E-state index contributed by atoms with van der Waals surface area (Å²) in [4.78, 5) is 13.8. The van der Waals surface area contributed by atoms with Gasteiger partial charge in [-0.15, -0.1) is 0 Å². The molecular weight excluding hydrogens is 226 g/mol. The van der Waals surface area contributed by atoms with E-state index in [-0.39, 0.29) is 0 Å². The van der Waals surface area contributed by atoms with Gasteiger partial charge in [-0.2, -0.15) is 0 Å². The van der Waals surface area contributed by atoms with Gasteiger partial charge in [-0.25, -0.2) is 0 Å². The standard InChI is InChI=1S/C15H17NO2/c17-14(18)15-8-4-7-13(15)10-16(11-15)9-12-5-2-1-3-6-12/h1-3,5-7H,4,8-11H2,(H,17,18). The smallest absolute Gasteiger partial charge is 0.315 e. The van der Waals surface area contributed by atoms with Crippen molar-refractivity contribution in [3.05, 3.63) is 47.5 Å². The third-order valence-electron chi connectivity index (χ3n) is 4.12. The van der Waals surface area contributed by atoms with Crippen molar-refractivity contribution in [3.8, 4) is 0 Å². The Kier molecular flexibility index (Phi) is 2.71. The first-order valence-corrected chi connectivity index (χ1v) is 6.40. The van der Waals surface area contributed by atoms with E-state index in [1.807, 2.05) is 18.2 Å². The lowest BCUT2D eigenvalue weighted by atomic mass is 9.84. The molecule has 1 aromatic carbocycles. The molecular formula is C15H17NO2. The first-order chi connectivity index (χ1) is 8.71. The van der Waals surface area contributed by atoms with E-state index in [2.05, 4.69) is 23.1 Å². The zero-order chi connectivity index (χ0) is 12.6. The number of hydrogen-bond acceptors (Lipinski definition) is 2. The van der Waals surface area contributed by atoms with Gasteiger partial charge < -0.3 is 5.11 Å². The highest BCUT2D eigenvalue weighted by atomic mass is 16.4. The van der Waals surface area contributed by atoms with Crippen LogP contribution in [0.25, 0.3) is 0 Å². The number of rotatable bonds is 3. The lowest BCUT2D eigenvalue weighted by Crippen LogP contribution is -2.33. The topological polar surface area (TPSA) is 40.5 Å². The monoisotopic (exact) mass is 243 g/mol. The highest BCUT2D eigenvalue weighted by molar-refractivity contribution is 5.80. The zero-order valence-electron chi connectivity index (χ0n) is 10.3. The van der Waals surface area contributed by atoms with Crippen LogP contribution in [0.2, 0.25) is 0 Å². The van der Waals surface area contributed by atoms with E-state index in [1.54, 1.807) is 0 Å². The summed E-state index contributed by atoms with van der Waals surface area (Å²) in [5, 5.41) is 9.49. The fourth-order valence-electron chi connectivity index (χ4n) is 3.19. The van der Waals surface area contributed by atoms with Gasteiger partial charge in [0.05, 0.1) is 0 Å². The van der Waals surface area contributed by atoms with Gasteiger partial charge >= 0.3 is 5.97 Å². The van der Waals surface area contributed by atoms with Crippen LogP contribution in [0.3, 0.4) is 0 Å². The Morgan fingerprint density at radius 3 is 2.78 bits per heavy atom. The number of nitrogens with zero attached hydrogens (tertiary/aromatic N) is 1. The Hall–Kier alpha value is -1.61. The number of likely N-dealkylation sites (tertiary alicyclic amines) is 1. The zero-order valence-corrected chi connectivity index (χ0v) is 10.3. The van der Waals surface area contributed by atoms with Gasteiger partial charge in [0.25, 0.3) is 0 Å². The van der Waals surface area contributed by atoms with Crippen LogP contribution >= 0.6 is 0 Å². The molecule has 1 aromatic rings. The molecule has 1 aliphatic carbocycles. The van der Waals surface area contributed by atoms with E-state index in [0.29, 0.717) is 6.54 Å². The van der Waals surface area contributed by atoms with E-state index >= 15 is 0 Å². The molecule has 1 N–H and O–H groups in total. The molecule has 0 aromatic heterocycles. The highest BCUT2D eigenvalue weighted by Crippen LogP contribution is 2.45. The average Bonchev–Trinajstić information content (AvgIpc) is 2.87. The van der Waals surface area contributed by atoms with Gasteiger partial charge in [-0.05, 0) is 24.0 Å². The Morgan fingerprint density at radius 1 is 1.33 bits per heavy atom. The molecule has 1 unspecified atom stereocenters. The molecule has 18 heavy (non-hydrogen) atoms. The largest absolute Gasteiger partial charge is 0.481 e. The summed E-state index contributed by atoms with van der Waals surface area (Å²) in [6, 6.07) is 10.2. The van der Waals surface area contributed by atoms with Crippen LogP contribution in [0.5, 0.6) is 0 Å². The summed E-state index contributed by atoms with van der Waals surface area (Å²) in [6.07, 6.45) is 3.81. The average molecular weight is 243 g/mol. The van der Waals surface area contributed by atoms with Crippen LogP contribution in [0.4, 0.5) is 0 Å². The lowest BCUT2D eigenvalue weighted by molar-refractivity contribution is -0.146. The first-order valence-electron chi connectivity index (χ1n) is 6.40. The number of allylic oxidation sites excluding steroid dienone is 1. The third-order valence-corrected chi connectivity index (χ3v) is 4.12. The minimum Gasteiger partial charge on any atom is -0.481 e. The maximum atomic E-state index is 11.5. The van der Waals surface area contributed by atoms with Gasteiger partial charge in [-0.1, -0.05) is 36.4 Å². The second-order valence-electron chi connectivity index (χ2n) is 5.29. The summed E-state index contributed by atoms with van der Waals surface area (Å²) in [5.41, 5.74) is 1.78. The molecule has 3 heteroatoms. The minimum atomic E-state index is -0.651. The van der Waals surface area contributed by atoms with Crippen molar-refractivity contribution in [2.24, 2.45) is 5.41 Å². The third kappa shape index (κ3) is 1.75. The molecule has 0 radical (unpaired) electrons. The molecule has 0 bridgehead atoms. The van der Waals surface area contributed by atoms with Gasteiger partial charge in [-0.3, -0.25) is 9.69 Å². The van der Waals surface area contributed by atoms with E-state index in [1.165, 1.54) is 5.56 Å². The molecule has 1 heterocycles. The van der Waals surface area contributed by atoms with Crippen LogP contribution < -0.4 is 0 Å². The van der Waals surface area contributed by atoms with Crippen LogP contribution in [-0.2, 0) is 11.3 Å². The number of carboxylic acids is 1. The van der Waals surface area contributed by atoms with Crippen LogP contribution in [-0.4, -0.2) is 29.1 Å². The number of fused-ring (bicyclic) bond motifs is 1. The van der Waals surface area contributed by atoms with Crippen molar-refractivity contribution >= 4 is 5.97 Å². The molecule has 1 atom stereocenters. The number of carboxylic acid groups (broad SMARTS) is 1. The molecule has 2 aliphatic rings. The van der Waals surface area contributed by atoms with Crippen molar-refractivity contribution in [1.29, 1.82) is 0 Å². The summed E-state index contributed by atoms with van der Waals surface area (Å²) < 4.78 is 0. The van der Waals surface area contributed by atoms with E-state index in [0.717, 1.165) is 31.5 Å². The molecule has 0 saturated carbocycles. The van der Waals surface area contributed by atoms with Crippen molar-refractivity contribution < 1.29 is 9.90 Å². The maximum Gasteiger partial charge on any atom is 0.315 e. The quantitative estimate of drug-likeness (QED) is 0.828. The maximum absolute atomic E-state index is 11.5. The number of carbonyl (C=O) groups is 1. The fourth-order valence-corrected chi connectivity index (χ4v) is 3.19. The molecule has 1 fully saturated rings. The predicted octanol–water partition coefficient (Wildman–Crippen LogP) is 2.29. The number of benzene rings is 1. The van der Waals surface area contributed by atoms with Crippen LogP contribution in [0.15, 0.2) is 42.0 Å². The first kappa shape index (κ1) is 11.5. The molecule has 1 aliphatic heterocycles. The lowest BCUT2D eigenvalue weighted by Gasteiger charge is -2.22. The second kappa shape index (κ2) is 4.25. The van der Waals surface area contributed by atoms with Crippen molar-refractivity contribution in [2.45, 2.75) is 19.4 Å². The van der Waals surface area contributed by atoms with Crippen LogP contribution in [0, 0.1) is 5.41 Å². The van der Waals surface area contributed by atoms with E-state index < -0.39 is 11.4 Å².